The molecule has 0 radical (unpaired) electrons. The number of anilines is 2. The zero-order chi connectivity index (χ0) is 43.6. The van der Waals surface area contributed by atoms with Crippen molar-refractivity contribution >= 4 is 29.1 Å². The van der Waals surface area contributed by atoms with Gasteiger partial charge >= 0.3 is 0 Å². The van der Waals surface area contributed by atoms with Gasteiger partial charge in [-0.3, -0.25) is 28.9 Å². The topological polar surface area (TPSA) is 105 Å². The van der Waals surface area contributed by atoms with Gasteiger partial charge in [0.1, 0.15) is 12.4 Å². The molecule has 3 aliphatic rings. The van der Waals surface area contributed by atoms with Crippen molar-refractivity contribution in [2.24, 2.45) is 14.1 Å². The number of carbonyl (C=O) groups excluding carboxylic acids is 3. The average Bonchev–Trinajstić information content (AvgIpc) is 3.87. The fraction of sp³-hybridized carbons (Fsp3) is 0.333. The van der Waals surface area contributed by atoms with Crippen molar-refractivity contribution in [2.75, 3.05) is 50.9 Å². The van der Waals surface area contributed by atoms with Crippen LogP contribution in [0.4, 0.5) is 11.4 Å². The highest BCUT2D eigenvalue weighted by molar-refractivity contribution is 6.12. The number of carbonyl (C=O) groups is 3. The highest BCUT2D eigenvalue weighted by Crippen LogP contribution is 2.37. The Bertz CT molecular complexity index is 2630. The lowest BCUT2D eigenvalue weighted by Gasteiger charge is -2.36. The van der Waals surface area contributed by atoms with Crippen molar-refractivity contribution in [3.63, 3.8) is 0 Å². The fourth-order valence-corrected chi connectivity index (χ4v) is 9.20. The summed E-state index contributed by atoms with van der Waals surface area (Å²) < 4.78 is 15.2. The van der Waals surface area contributed by atoms with Gasteiger partial charge in [0, 0.05) is 93.8 Å². The van der Waals surface area contributed by atoms with Crippen LogP contribution in [-0.4, -0.2) is 98.8 Å². The Morgan fingerprint density at radius 2 is 1.56 bits per heavy atom. The molecule has 5 heterocycles. The van der Waals surface area contributed by atoms with Crippen LogP contribution in [0.5, 0.6) is 5.75 Å². The highest BCUT2D eigenvalue weighted by atomic mass is 16.5. The lowest BCUT2D eigenvalue weighted by Crippen LogP contribution is -2.43. The van der Waals surface area contributed by atoms with E-state index in [9.17, 15) is 9.59 Å². The Morgan fingerprint density at radius 3 is 2.30 bits per heavy atom. The lowest BCUT2D eigenvalue weighted by atomic mass is 9.89. The smallest absolute Gasteiger partial charge is 0.264 e. The molecule has 0 unspecified atom stereocenters. The SMILES string of the molecule is Cc1c(C(=O)N(c2ccccc2)c2cnn(C)c2)cc(-c2cc3c(cc2C(=O)N2Cc4ccccc4C[C@H]2C)CN(C(=O)Cc2ccc(OCCN4CCOCC4)cc2)CC3)n1C. The molecule has 0 spiro atoms. The van der Waals surface area contributed by atoms with Gasteiger partial charge in [-0.1, -0.05) is 54.6 Å². The van der Waals surface area contributed by atoms with Crippen molar-refractivity contribution in [3.05, 3.63) is 154 Å². The highest BCUT2D eigenvalue weighted by Gasteiger charge is 2.33. The average molecular weight is 846 g/mol. The number of fused-ring (bicyclic) bond motifs is 2. The van der Waals surface area contributed by atoms with Gasteiger partial charge in [-0.2, -0.15) is 5.10 Å². The third-order valence-corrected chi connectivity index (χ3v) is 13.0. The molecular formula is C51H55N7O5. The van der Waals surface area contributed by atoms with Crippen LogP contribution in [0.3, 0.4) is 0 Å². The Hall–Kier alpha value is -6.50. The number of rotatable bonds is 11. The molecule has 0 saturated carbocycles. The van der Waals surface area contributed by atoms with Crippen molar-refractivity contribution < 1.29 is 23.9 Å². The van der Waals surface area contributed by atoms with Crippen LogP contribution in [0.15, 0.2) is 109 Å². The van der Waals surface area contributed by atoms with Crippen LogP contribution in [0.25, 0.3) is 11.3 Å². The van der Waals surface area contributed by atoms with E-state index in [1.165, 1.54) is 5.56 Å². The Morgan fingerprint density at radius 1 is 0.810 bits per heavy atom. The summed E-state index contributed by atoms with van der Waals surface area (Å²) in [7, 11) is 3.79. The van der Waals surface area contributed by atoms with Gasteiger partial charge in [0.25, 0.3) is 11.8 Å². The van der Waals surface area contributed by atoms with E-state index < -0.39 is 0 Å². The van der Waals surface area contributed by atoms with Crippen molar-refractivity contribution in [1.29, 1.82) is 0 Å². The monoisotopic (exact) mass is 845 g/mol. The lowest BCUT2D eigenvalue weighted by molar-refractivity contribution is -0.131. The first-order valence-electron chi connectivity index (χ1n) is 22.0. The molecule has 0 N–H and O–H groups in total. The molecule has 63 heavy (non-hydrogen) atoms. The quantitative estimate of drug-likeness (QED) is 0.137. The normalized spacial score (nSPS) is 16.3. The molecule has 3 aliphatic heterocycles. The summed E-state index contributed by atoms with van der Waals surface area (Å²) in [5.41, 5.74) is 10.2. The first kappa shape index (κ1) is 41.8. The van der Waals surface area contributed by atoms with E-state index in [0.29, 0.717) is 49.5 Å². The number of ether oxygens (including phenoxy) is 2. The Kier molecular flexibility index (Phi) is 12.0. The molecule has 0 aliphatic carbocycles. The number of nitrogens with zero attached hydrogens (tertiary/aromatic N) is 7. The molecule has 2 aromatic heterocycles. The second-order valence-corrected chi connectivity index (χ2v) is 17.0. The van der Waals surface area contributed by atoms with E-state index in [4.69, 9.17) is 9.47 Å². The van der Waals surface area contributed by atoms with Crippen LogP contribution in [-0.2, 0) is 56.0 Å². The number of para-hydroxylation sites is 1. The summed E-state index contributed by atoms with van der Waals surface area (Å²) in [6.07, 6.45) is 5.20. The zero-order valence-corrected chi connectivity index (χ0v) is 36.6. The molecule has 6 aromatic rings. The molecule has 3 amide bonds. The van der Waals surface area contributed by atoms with Crippen LogP contribution < -0.4 is 9.64 Å². The molecule has 9 rings (SSSR count). The van der Waals surface area contributed by atoms with E-state index >= 15 is 4.79 Å². The number of hydrogen-bond acceptors (Lipinski definition) is 7. The predicted octanol–water partition coefficient (Wildman–Crippen LogP) is 7.14. The molecule has 12 heteroatoms. The maximum Gasteiger partial charge on any atom is 0.264 e. The standard InChI is InChI=1S/C51H55N7O5/c1-35-26-38-10-8-9-11-40(38)33-57(35)50(60)47-29-41-32-56(49(59)27-37-14-16-44(17-15-37)63-25-22-55-20-23-62-24-21-55)19-18-39(41)28-46(47)48-30-45(36(2)54(48)4)51(61)58(42-12-6-5-7-13-42)43-31-52-53(3)34-43/h5-17,28-31,34-35H,18-27,32-33H2,1-4H3/t35-/m1/s1. The maximum absolute atomic E-state index is 15.1. The number of benzene rings is 4. The molecule has 1 fully saturated rings. The van der Waals surface area contributed by atoms with Gasteiger partial charge in [-0.05, 0) is 97.0 Å². The number of morpholine rings is 1. The van der Waals surface area contributed by atoms with Gasteiger partial charge in [0.2, 0.25) is 5.91 Å². The van der Waals surface area contributed by atoms with E-state index in [1.54, 1.807) is 15.8 Å². The summed E-state index contributed by atoms with van der Waals surface area (Å²) in [5, 5.41) is 4.37. The van der Waals surface area contributed by atoms with Gasteiger partial charge in [0.05, 0.1) is 37.1 Å². The summed E-state index contributed by atoms with van der Waals surface area (Å²) in [4.78, 5) is 51.6. The molecule has 12 nitrogen and oxygen atoms in total. The van der Waals surface area contributed by atoms with Crippen LogP contribution in [0.2, 0.25) is 0 Å². The molecule has 1 atom stereocenters. The summed E-state index contributed by atoms with van der Waals surface area (Å²) in [6.45, 7) is 10.4. The van der Waals surface area contributed by atoms with Crippen LogP contribution in [0, 0.1) is 6.92 Å². The van der Waals surface area contributed by atoms with Gasteiger partial charge in [-0.25, -0.2) is 0 Å². The molecule has 324 valence electrons. The minimum absolute atomic E-state index is 0.0258. The largest absolute Gasteiger partial charge is 0.492 e. The summed E-state index contributed by atoms with van der Waals surface area (Å²) >= 11 is 0. The maximum atomic E-state index is 15.1. The van der Waals surface area contributed by atoms with E-state index in [2.05, 4.69) is 41.2 Å². The fourth-order valence-electron chi connectivity index (χ4n) is 9.20. The van der Waals surface area contributed by atoms with Crippen molar-refractivity contribution in [2.45, 2.75) is 52.2 Å². The van der Waals surface area contributed by atoms with Crippen LogP contribution >= 0.6 is 0 Å². The van der Waals surface area contributed by atoms with Gasteiger partial charge in [0.15, 0.2) is 0 Å². The minimum atomic E-state index is -0.194. The number of hydrogen-bond donors (Lipinski definition) is 0. The second kappa shape index (κ2) is 18.1. The van der Waals surface area contributed by atoms with E-state index in [-0.39, 0.29) is 30.2 Å². The number of aryl methyl sites for hydroxylation is 1. The number of amides is 3. The summed E-state index contributed by atoms with van der Waals surface area (Å²) in [5.74, 6) is 0.565. The zero-order valence-electron chi connectivity index (χ0n) is 36.6. The Balaban J connectivity index is 1.00. The van der Waals surface area contributed by atoms with E-state index in [1.807, 2.05) is 114 Å². The third-order valence-electron chi connectivity index (χ3n) is 13.0. The van der Waals surface area contributed by atoms with Crippen molar-refractivity contribution in [1.82, 2.24) is 29.0 Å². The summed E-state index contributed by atoms with van der Waals surface area (Å²) in [6, 6.07) is 31.8. The second-order valence-electron chi connectivity index (χ2n) is 17.0. The van der Waals surface area contributed by atoms with Crippen LogP contribution in [0.1, 0.15) is 61.2 Å². The molecule has 1 saturated heterocycles. The molecular weight excluding hydrogens is 791 g/mol. The minimum Gasteiger partial charge on any atom is -0.492 e. The first-order chi connectivity index (χ1) is 30.6. The molecule has 4 aromatic carbocycles. The third kappa shape index (κ3) is 8.78. The predicted molar refractivity (Wildman–Crippen MR) is 243 cm³/mol. The Labute approximate surface area is 369 Å². The number of aromatic nitrogens is 3. The first-order valence-corrected chi connectivity index (χ1v) is 22.0. The molecule has 0 bridgehead atoms. The van der Waals surface area contributed by atoms with E-state index in [0.717, 1.165) is 89.9 Å². The van der Waals surface area contributed by atoms with Crippen molar-refractivity contribution in [3.8, 4) is 17.0 Å². The van der Waals surface area contributed by atoms with Gasteiger partial charge in [-0.15, -0.1) is 0 Å². The van der Waals surface area contributed by atoms with Gasteiger partial charge < -0.3 is 23.8 Å².